The van der Waals surface area contributed by atoms with Crippen LogP contribution < -0.4 is 9.47 Å². The monoisotopic (exact) mass is 472 g/mol. The third-order valence-corrected chi connectivity index (χ3v) is 6.52. The number of aromatic nitrogens is 3. The lowest BCUT2D eigenvalue weighted by atomic mass is 10.1. The van der Waals surface area contributed by atoms with E-state index in [4.69, 9.17) is 36.1 Å². The van der Waals surface area contributed by atoms with Gasteiger partial charge in [0.1, 0.15) is 16.4 Å². The van der Waals surface area contributed by atoms with Crippen LogP contribution in [0.1, 0.15) is 11.3 Å². The summed E-state index contributed by atoms with van der Waals surface area (Å²) in [7, 11) is 0. The van der Waals surface area contributed by atoms with Crippen molar-refractivity contribution in [3.05, 3.63) is 83.0 Å². The van der Waals surface area contributed by atoms with Crippen molar-refractivity contribution >= 4 is 39.8 Å². The van der Waals surface area contributed by atoms with Gasteiger partial charge in [0, 0.05) is 16.1 Å². The molecule has 6 nitrogen and oxygen atoms in total. The Morgan fingerprint density at radius 3 is 2.67 bits per heavy atom. The second kappa shape index (κ2) is 8.03. The largest absolute Gasteiger partial charge is 0.454 e. The van der Waals surface area contributed by atoms with Crippen LogP contribution in [0.25, 0.3) is 26.8 Å². The van der Waals surface area contributed by atoms with Gasteiger partial charge in [0.25, 0.3) is 0 Å². The Morgan fingerprint density at radius 2 is 1.82 bits per heavy atom. The van der Waals surface area contributed by atoms with E-state index in [1.54, 1.807) is 0 Å². The van der Waals surface area contributed by atoms with Crippen molar-refractivity contribution in [2.75, 3.05) is 6.79 Å². The number of aliphatic imine (C=N–C) groups is 1. The molecule has 2 aromatic heterocycles. The standard InChI is InChI=1S/C25H17ClN4O2S/c1-15-3-2-4-19(11-15)27-13-20-23(16-5-8-18(26)9-6-16)28-25-30(20)29-24(33-25)17-7-10-21-22(12-17)32-14-31-21/h2-13H,14H2,1H3. The number of hydrogen-bond donors (Lipinski definition) is 0. The molecule has 1 aliphatic rings. The summed E-state index contributed by atoms with van der Waals surface area (Å²) in [6.45, 7) is 2.29. The van der Waals surface area contributed by atoms with Crippen LogP contribution in [-0.4, -0.2) is 27.6 Å². The van der Waals surface area contributed by atoms with Crippen LogP contribution in [0.2, 0.25) is 5.02 Å². The van der Waals surface area contributed by atoms with Gasteiger partial charge in [0.2, 0.25) is 11.8 Å². The Bertz CT molecular complexity index is 1520. The summed E-state index contributed by atoms with van der Waals surface area (Å²) in [6, 6.07) is 21.5. The van der Waals surface area contributed by atoms with E-state index in [0.717, 1.165) is 55.2 Å². The summed E-state index contributed by atoms with van der Waals surface area (Å²) in [4.78, 5) is 10.4. The zero-order chi connectivity index (χ0) is 22.4. The molecule has 8 heteroatoms. The molecule has 33 heavy (non-hydrogen) atoms. The van der Waals surface area contributed by atoms with Gasteiger partial charge in [-0.05, 0) is 55.0 Å². The van der Waals surface area contributed by atoms with Crippen molar-refractivity contribution in [1.82, 2.24) is 14.6 Å². The van der Waals surface area contributed by atoms with E-state index < -0.39 is 0 Å². The predicted molar refractivity (Wildman–Crippen MR) is 131 cm³/mol. The normalized spacial score (nSPS) is 12.8. The number of aryl methyl sites for hydroxylation is 1. The molecule has 0 bridgehead atoms. The number of halogens is 1. The van der Waals surface area contributed by atoms with E-state index in [0.29, 0.717) is 5.02 Å². The fourth-order valence-electron chi connectivity index (χ4n) is 3.69. The summed E-state index contributed by atoms with van der Waals surface area (Å²) in [5.41, 5.74) is 5.53. The van der Waals surface area contributed by atoms with Crippen LogP contribution in [0.4, 0.5) is 5.69 Å². The van der Waals surface area contributed by atoms with E-state index in [9.17, 15) is 0 Å². The second-order valence-corrected chi connectivity index (χ2v) is 9.01. The van der Waals surface area contributed by atoms with Crippen molar-refractivity contribution in [3.8, 4) is 33.3 Å². The molecule has 0 atom stereocenters. The molecule has 3 aromatic carbocycles. The van der Waals surface area contributed by atoms with Crippen molar-refractivity contribution in [1.29, 1.82) is 0 Å². The average Bonchev–Trinajstić information content (AvgIpc) is 3.52. The zero-order valence-electron chi connectivity index (χ0n) is 17.5. The fourth-order valence-corrected chi connectivity index (χ4v) is 4.72. The highest BCUT2D eigenvalue weighted by atomic mass is 35.5. The summed E-state index contributed by atoms with van der Waals surface area (Å²) in [6.07, 6.45) is 1.82. The highest BCUT2D eigenvalue weighted by molar-refractivity contribution is 7.19. The molecular formula is C25H17ClN4O2S. The first kappa shape index (κ1) is 20.0. The minimum atomic E-state index is 0.240. The van der Waals surface area contributed by atoms with Crippen LogP contribution in [0, 0.1) is 6.92 Å². The van der Waals surface area contributed by atoms with Gasteiger partial charge in [-0.25, -0.2) is 9.50 Å². The Labute approximate surface area is 198 Å². The number of rotatable bonds is 4. The number of ether oxygens (including phenoxy) is 2. The number of nitrogens with zero attached hydrogens (tertiary/aromatic N) is 4. The number of imidazole rings is 1. The number of fused-ring (bicyclic) bond motifs is 2. The molecule has 162 valence electrons. The first-order valence-electron chi connectivity index (χ1n) is 10.3. The quantitative estimate of drug-likeness (QED) is 0.278. The Kier molecular flexibility index (Phi) is 4.86. The molecule has 6 rings (SSSR count). The summed E-state index contributed by atoms with van der Waals surface area (Å²) in [5.74, 6) is 1.47. The highest BCUT2D eigenvalue weighted by Gasteiger charge is 2.20. The summed E-state index contributed by atoms with van der Waals surface area (Å²) >= 11 is 7.61. The molecule has 0 fully saturated rings. The van der Waals surface area contributed by atoms with Crippen molar-refractivity contribution < 1.29 is 9.47 Å². The van der Waals surface area contributed by atoms with E-state index in [1.807, 2.05) is 84.4 Å². The van der Waals surface area contributed by atoms with Crippen LogP contribution in [-0.2, 0) is 0 Å². The molecule has 0 N–H and O–H groups in total. The summed E-state index contributed by atoms with van der Waals surface area (Å²) < 4.78 is 12.8. The van der Waals surface area contributed by atoms with E-state index in [1.165, 1.54) is 11.3 Å². The molecule has 0 saturated heterocycles. The van der Waals surface area contributed by atoms with Crippen molar-refractivity contribution in [2.45, 2.75) is 6.92 Å². The molecule has 3 heterocycles. The van der Waals surface area contributed by atoms with Gasteiger partial charge >= 0.3 is 0 Å². The third kappa shape index (κ3) is 3.75. The van der Waals surface area contributed by atoms with E-state index in [2.05, 4.69) is 0 Å². The Morgan fingerprint density at radius 1 is 1.00 bits per heavy atom. The molecule has 0 aliphatic carbocycles. The van der Waals surface area contributed by atoms with Gasteiger partial charge in [0.05, 0.1) is 11.9 Å². The molecule has 5 aromatic rings. The van der Waals surface area contributed by atoms with Crippen LogP contribution in [0.3, 0.4) is 0 Å². The zero-order valence-corrected chi connectivity index (χ0v) is 19.1. The number of hydrogen-bond acceptors (Lipinski definition) is 6. The maximum Gasteiger partial charge on any atom is 0.231 e. The molecule has 0 radical (unpaired) electrons. The topological polar surface area (TPSA) is 61.0 Å². The lowest BCUT2D eigenvalue weighted by Crippen LogP contribution is -1.95. The van der Waals surface area contributed by atoms with Crippen LogP contribution in [0.5, 0.6) is 11.5 Å². The molecule has 0 spiro atoms. The Hall–Kier alpha value is -3.68. The van der Waals surface area contributed by atoms with Crippen molar-refractivity contribution in [2.24, 2.45) is 4.99 Å². The average molecular weight is 473 g/mol. The number of benzene rings is 3. The van der Waals surface area contributed by atoms with Gasteiger partial charge in [-0.3, -0.25) is 4.99 Å². The van der Waals surface area contributed by atoms with E-state index >= 15 is 0 Å². The highest BCUT2D eigenvalue weighted by Crippen LogP contribution is 2.38. The van der Waals surface area contributed by atoms with Gasteiger partial charge in [-0.2, -0.15) is 5.10 Å². The van der Waals surface area contributed by atoms with Crippen LogP contribution in [0.15, 0.2) is 71.7 Å². The lowest BCUT2D eigenvalue weighted by molar-refractivity contribution is 0.174. The smallest absolute Gasteiger partial charge is 0.231 e. The first-order valence-corrected chi connectivity index (χ1v) is 11.5. The van der Waals surface area contributed by atoms with Gasteiger partial charge < -0.3 is 9.47 Å². The van der Waals surface area contributed by atoms with Gasteiger partial charge in [-0.15, -0.1) is 0 Å². The first-order chi connectivity index (χ1) is 16.1. The maximum absolute atomic E-state index is 6.10. The van der Waals surface area contributed by atoms with Gasteiger partial charge in [0.15, 0.2) is 11.5 Å². The molecule has 1 aliphatic heterocycles. The molecule has 0 saturated carbocycles. The minimum Gasteiger partial charge on any atom is -0.454 e. The van der Waals surface area contributed by atoms with Crippen LogP contribution >= 0.6 is 22.9 Å². The minimum absolute atomic E-state index is 0.240. The maximum atomic E-state index is 6.10. The van der Waals surface area contributed by atoms with Crippen molar-refractivity contribution in [3.63, 3.8) is 0 Å². The SMILES string of the molecule is Cc1cccc(N=Cc2c(-c3ccc(Cl)cc3)nc3sc(-c4ccc5c(c4)OCO5)nn23)c1. The molecule has 0 unspecified atom stereocenters. The predicted octanol–water partition coefficient (Wildman–Crippen LogP) is 6.57. The Balaban J connectivity index is 1.47. The summed E-state index contributed by atoms with van der Waals surface area (Å²) in [5, 5.41) is 6.38. The lowest BCUT2D eigenvalue weighted by Gasteiger charge is -2.01. The molecular weight excluding hydrogens is 456 g/mol. The fraction of sp³-hybridized carbons (Fsp3) is 0.0800. The van der Waals surface area contributed by atoms with Gasteiger partial charge in [-0.1, -0.05) is 47.2 Å². The second-order valence-electron chi connectivity index (χ2n) is 7.62. The molecule has 0 amide bonds. The van der Waals surface area contributed by atoms with E-state index in [-0.39, 0.29) is 6.79 Å². The third-order valence-electron chi connectivity index (χ3n) is 5.31.